The lowest BCUT2D eigenvalue weighted by atomic mass is 9.97. The molecule has 18 heavy (non-hydrogen) atoms. The Bertz CT molecular complexity index is 429. The smallest absolute Gasteiger partial charge is 0.219 e. The summed E-state index contributed by atoms with van der Waals surface area (Å²) in [5.41, 5.74) is 2.84. The maximum atomic E-state index is 11.2. The molecule has 1 atom stereocenters. The highest BCUT2D eigenvalue weighted by Gasteiger charge is 2.22. The first-order valence-corrected chi connectivity index (χ1v) is 6.68. The first-order valence-electron chi connectivity index (χ1n) is 6.68. The zero-order valence-electron chi connectivity index (χ0n) is 11.2. The second-order valence-corrected chi connectivity index (χ2v) is 4.79. The average Bonchev–Trinajstić information content (AvgIpc) is 2.81. The van der Waals surface area contributed by atoms with Crippen LogP contribution in [0.15, 0.2) is 18.2 Å². The molecular weight excluding hydrogens is 226 g/mol. The number of amides is 1. The molecule has 1 aliphatic carbocycles. The summed E-state index contributed by atoms with van der Waals surface area (Å²) >= 11 is 0. The first kappa shape index (κ1) is 12.9. The Kier molecular flexibility index (Phi) is 4.24. The van der Waals surface area contributed by atoms with E-state index >= 15 is 0 Å². The van der Waals surface area contributed by atoms with Gasteiger partial charge in [0.15, 0.2) is 0 Å². The van der Waals surface area contributed by atoms with E-state index in [0.29, 0.717) is 12.3 Å². The van der Waals surface area contributed by atoms with E-state index in [1.807, 2.05) is 13.0 Å². The molecule has 3 heteroatoms. The van der Waals surface area contributed by atoms with E-state index in [1.165, 1.54) is 17.5 Å². The molecule has 0 unspecified atom stereocenters. The monoisotopic (exact) mass is 247 g/mol. The van der Waals surface area contributed by atoms with Crippen LogP contribution >= 0.6 is 0 Å². The van der Waals surface area contributed by atoms with Crippen LogP contribution in [0.5, 0.6) is 5.75 Å². The normalized spacial score (nSPS) is 17.3. The van der Waals surface area contributed by atoms with Crippen molar-refractivity contribution >= 4 is 5.91 Å². The third kappa shape index (κ3) is 2.84. The standard InChI is InChI=1S/C15H21NO2/c1-3-15(17)16-9-8-12-5-4-11-6-7-13(18-2)10-14(11)12/h6-7,10,12H,3-5,8-9H2,1-2H3,(H,16,17)/t12-/m0/s1. The van der Waals surface area contributed by atoms with E-state index in [1.54, 1.807) is 7.11 Å². The number of carbonyl (C=O) groups excluding carboxylic acids is 1. The van der Waals surface area contributed by atoms with Crippen LogP contribution < -0.4 is 10.1 Å². The van der Waals surface area contributed by atoms with E-state index in [-0.39, 0.29) is 5.91 Å². The van der Waals surface area contributed by atoms with E-state index in [9.17, 15) is 4.79 Å². The summed E-state index contributed by atoms with van der Waals surface area (Å²) in [5.74, 6) is 1.63. The van der Waals surface area contributed by atoms with Crippen molar-refractivity contribution in [2.24, 2.45) is 0 Å². The molecule has 0 fully saturated rings. The van der Waals surface area contributed by atoms with Crippen molar-refractivity contribution in [2.75, 3.05) is 13.7 Å². The van der Waals surface area contributed by atoms with Gasteiger partial charge in [-0.1, -0.05) is 13.0 Å². The molecule has 0 aliphatic heterocycles. The van der Waals surface area contributed by atoms with Crippen LogP contribution in [0.4, 0.5) is 0 Å². The minimum absolute atomic E-state index is 0.138. The number of aryl methyl sites for hydroxylation is 1. The van der Waals surface area contributed by atoms with Crippen LogP contribution in [0.3, 0.4) is 0 Å². The number of rotatable bonds is 5. The van der Waals surface area contributed by atoms with Gasteiger partial charge in [0.25, 0.3) is 0 Å². The van der Waals surface area contributed by atoms with Crippen molar-refractivity contribution in [2.45, 2.75) is 38.5 Å². The van der Waals surface area contributed by atoms with Gasteiger partial charge < -0.3 is 10.1 Å². The van der Waals surface area contributed by atoms with Crippen LogP contribution in [0.2, 0.25) is 0 Å². The zero-order chi connectivity index (χ0) is 13.0. The number of hydrogen-bond donors (Lipinski definition) is 1. The van der Waals surface area contributed by atoms with Gasteiger partial charge in [0, 0.05) is 13.0 Å². The predicted molar refractivity (Wildman–Crippen MR) is 72.0 cm³/mol. The SMILES string of the molecule is CCC(=O)NCC[C@@H]1CCc2ccc(OC)cc21. The molecule has 1 aromatic carbocycles. The van der Waals surface area contributed by atoms with Crippen LogP contribution in [-0.4, -0.2) is 19.6 Å². The minimum atomic E-state index is 0.138. The fourth-order valence-electron chi connectivity index (χ4n) is 2.60. The van der Waals surface area contributed by atoms with Gasteiger partial charge in [-0.3, -0.25) is 4.79 Å². The van der Waals surface area contributed by atoms with Gasteiger partial charge in [-0.15, -0.1) is 0 Å². The van der Waals surface area contributed by atoms with Gasteiger partial charge in [-0.25, -0.2) is 0 Å². The van der Waals surface area contributed by atoms with Gasteiger partial charge in [0.1, 0.15) is 5.75 Å². The Morgan fingerprint density at radius 3 is 3.06 bits per heavy atom. The van der Waals surface area contributed by atoms with Crippen molar-refractivity contribution in [1.82, 2.24) is 5.32 Å². The van der Waals surface area contributed by atoms with Gasteiger partial charge in [-0.2, -0.15) is 0 Å². The van der Waals surface area contributed by atoms with Crippen molar-refractivity contribution < 1.29 is 9.53 Å². The number of methoxy groups -OCH3 is 1. The highest BCUT2D eigenvalue weighted by Crippen LogP contribution is 2.37. The predicted octanol–water partition coefficient (Wildman–Crippen LogP) is 2.64. The Balaban J connectivity index is 1.95. The molecule has 0 bridgehead atoms. The highest BCUT2D eigenvalue weighted by molar-refractivity contribution is 5.75. The molecule has 1 N–H and O–H groups in total. The van der Waals surface area contributed by atoms with Crippen molar-refractivity contribution in [3.05, 3.63) is 29.3 Å². The lowest BCUT2D eigenvalue weighted by Gasteiger charge is -2.13. The van der Waals surface area contributed by atoms with Crippen molar-refractivity contribution in [3.8, 4) is 5.75 Å². The second-order valence-electron chi connectivity index (χ2n) is 4.79. The van der Waals surface area contributed by atoms with E-state index < -0.39 is 0 Å². The third-order valence-corrected chi connectivity index (χ3v) is 3.69. The fraction of sp³-hybridized carbons (Fsp3) is 0.533. The van der Waals surface area contributed by atoms with Crippen LogP contribution in [0, 0.1) is 0 Å². The molecule has 0 saturated heterocycles. The van der Waals surface area contributed by atoms with Crippen LogP contribution in [0.25, 0.3) is 0 Å². The minimum Gasteiger partial charge on any atom is -0.497 e. The number of nitrogens with one attached hydrogen (secondary N) is 1. The average molecular weight is 247 g/mol. The van der Waals surface area contributed by atoms with Gasteiger partial charge in [0.05, 0.1) is 7.11 Å². The van der Waals surface area contributed by atoms with Crippen LogP contribution in [-0.2, 0) is 11.2 Å². The Morgan fingerprint density at radius 2 is 2.33 bits per heavy atom. The zero-order valence-corrected chi connectivity index (χ0v) is 11.2. The molecule has 2 rings (SSSR count). The van der Waals surface area contributed by atoms with Gasteiger partial charge in [-0.05, 0) is 48.4 Å². The molecule has 0 radical (unpaired) electrons. The van der Waals surface area contributed by atoms with E-state index in [2.05, 4.69) is 17.4 Å². The van der Waals surface area contributed by atoms with Gasteiger partial charge >= 0.3 is 0 Å². The number of ether oxygens (including phenoxy) is 1. The quantitative estimate of drug-likeness (QED) is 0.868. The topological polar surface area (TPSA) is 38.3 Å². The third-order valence-electron chi connectivity index (χ3n) is 3.69. The summed E-state index contributed by atoms with van der Waals surface area (Å²) < 4.78 is 5.28. The molecule has 0 saturated carbocycles. The van der Waals surface area contributed by atoms with Gasteiger partial charge in [0.2, 0.25) is 5.91 Å². The molecule has 1 aliphatic rings. The molecule has 1 aromatic rings. The van der Waals surface area contributed by atoms with E-state index in [4.69, 9.17) is 4.74 Å². The molecule has 0 spiro atoms. The van der Waals surface area contributed by atoms with E-state index in [0.717, 1.165) is 25.1 Å². The Morgan fingerprint density at radius 1 is 1.50 bits per heavy atom. The molecule has 1 amide bonds. The summed E-state index contributed by atoms with van der Waals surface area (Å²) in [6.45, 7) is 2.65. The lowest BCUT2D eigenvalue weighted by molar-refractivity contribution is -0.120. The largest absolute Gasteiger partial charge is 0.497 e. The van der Waals surface area contributed by atoms with Crippen molar-refractivity contribution in [1.29, 1.82) is 0 Å². The fourth-order valence-corrected chi connectivity index (χ4v) is 2.60. The summed E-state index contributed by atoms with van der Waals surface area (Å²) in [5, 5.41) is 2.95. The summed E-state index contributed by atoms with van der Waals surface area (Å²) in [6.07, 6.45) is 3.91. The number of benzene rings is 1. The summed E-state index contributed by atoms with van der Waals surface area (Å²) in [6, 6.07) is 6.34. The second kappa shape index (κ2) is 5.89. The number of hydrogen-bond acceptors (Lipinski definition) is 2. The molecule has 3 nitrogen and oxygen atoms in total. The maximum absolute atomic E-state index is 11.2. The summed E-state index contributed by atoms with van der Waals surface area (Å²) in [7, 11) is 1.70. The maximum Gasteiger partial charge on any atom is 0.219 e. The molecule has 0 heterocycles. The van der Waals surface area contributed by atoms with Crippen LogP contribution in [0.1, 0.15) is 43.2 Å². The molecule has 98 valence electrons. The number of fused-ring (bicyclic) bond motifs is 1. The Labute approximate surface area is 109 Å². The Hall–Kier alpha value is -1.51. The van der Waals surface area contributed by atoms with Crippen molar-refractivity contribution in [3.63, 3.8) is 0 Å². The molecule has 0 aromatic heterocycles. The highest BCUT2D eigenvalue weighted by atomic mass is 16.5. The lowest BCUT2D eigenvalue weighted by Crippen LogP contribution is -2.24. The first-order chi connectivity index (χ1) is 8.74. The molecular formula is C15H21NO2. The summed E-state index contributed by atoms with van der Waals surface area (Å²) in [4.78, 5) is 11.2. The number of carbonyl (C=O) groups is 1.